The molecule has 10 rings (SSSR count). The molecule has 0 aliphatic heterocycles. The van der Waals surface area contributed by atoms with E-state index in [1.165, 1.54) is 49.0 Å². The van der Waals surface area contributed by atoms with E-state index in [1.807, 2.05) is 24.4 Å². The van der Waals surface area contributed by atoms with Crippen molar-refractivity contribution in [2.45, 2.75) is 0 Å². The second-order valence-electron chi connectivity index (χ2n) is 12.7. The Morgan fingerprint density at radius 1 is 0.408 bits per heavy atom. The third-order valence-electron chi connectivity index (χ3n) is 9.76. The van der Waals surface area contributed by atoms with Crippen LogP contribution in [0.4, 0.5) is 0 Å². The predicted molar refractivity (Wildman–Crippen MR) is 205 cm³/mol. The van der Waals surface area contributed by atoms with Gasteiger partial charge in [0.2, 0.25) is 0 Å². The van der Waals surface area contributed by atoms with Crippen LogP contribution >= 0.6 is 0 Å². The van der Waals surface area contributed by atoms with Gasteiger partial charge in [-0.2, -0.15) is 0 Å². The molecule has 3 heteroatoms. The van der Waals surface area contributed by atoms with Crippen molar-refractivity contribution in [3.05, 3.63) is 176 Å². The first-order valence-electron chi connectivity index (χ1n) is 16.7. The molecule has 0 N–H and O–H groups in total. The van der Waals surface area contributed by atoms with Gasteiger partial charge in [0, 0.05) is 39.7 Å². The molecule has 3 nitrogen and oxygen atoms in total. The highest BCUT2D eigenvalue weighted by molar-refractivity contribution is 6.25. The number of hydrogen-bond acceptors (Lipinski definition) is 2. The summed E-state index contributed by atoms with van der Waals surface area (Å²) in [7, 11) is 0. The zero-order valence-electron chi connectivity index (χ0n) is 26.6. The fourth-order valence-corrected chi connectivity index (χ4v) is 7.41. The third-order valence-corrected chi connectivity index (χ3v) is 9.76. The van der Waals surface area contributed by atoms with E-state index < -0.39 is 0 Å². The van der Waals surface area contributed by atoms with Gasteiger partial charge in [-0.3, -0.25) is 0 Å². The minimum atomic E-state index is 0.943. The Kier molecular flexibility index (Phi) is 6.18. The SMILES string of the molecule is c1cc(-c2cccc(-c3cc4c(-c5ccc6ccccc6c5)nc5ccccc5c4c4ccccc34)c2)cc(-c2cn3ccccc3n2)c1. The van der Waals surface area contributed by atoms with E-state index in [-0.39, 0.29) is 0 Å². The van der Waals surface area contributed by atoms with Crippen LogP contribution in [0.1, 0.15) is 0 Å². The summed E-state index contributed by atoms with van der Waals surface area (Å²) in [5, 5.41) is 8.46. The van der Waals surface area contributed by atoms with E-state index in [4.69, 9.17) is 9.97 Å². The van der Waals surface area contributed by atoms with Gasteiger partial charge in [-0.1, -0.05) is 121 Å². The Labute approximate surface area is 283 Å². The number of hydrogen-bond donors (Lipinski definition) is 0. The lowest BCUT2D eigenvalue weighted by molar-refractivity contribution is 1.19. The normalized spacial score (nSPS) is 11.7. The van der Waals surface area contributed by atoms with E-state index in [0.29, 0.717) is 0 Å². The average molecular weight is 624 g/mol. The molecule has 0 aliphatic carbocycles. The summed E-state index contributed by atoms with van der Waals surface area (Å²) in [6.45, 7) is 0. The highest BCUT2D eigenvalue weighted by Gasteiger charge is 2.17. The number of nitrogens with zero attached hydrogens (tertiary/aromatic N) is 3. The summed E-state index contributed by atoms with van der Waals surface area (Å²) in [5.74, 6) is 0. The van der Waals surface area contributed by atoms with Crippen molar-refractivity contribution in [3.8, 4) is 44.8 Å². The molecular weight excluding hydrogens is 595 g/mol. The molecule has 0 radical (unpaired) electrons. The van der Waals surface area contributed by atoms with Crippen molar-refractivity contribution in [3.63, 3.8) is 0 Å². The average Bonchev–Trinajstić information content (AvgIpc) is 3.62. The minimum absolute atomic E-state index is 0.943. The van der Waals surface area contributed by atoms with Crippen LogP contribution in [-0.2, 0) is 0 Å². The Morgan fingerprint density at radius 2 is 1.10 bits per heavy atom. The maximum absolute atomic E-state index is 5.33. The van der Waals surface area contributed by atoms with Crippen LogP contribution < -0.4 is 0 Å². The lowest BCUT2D eigenvalue weighted by Gasteiger charge is -2.17. The van der Waals surface area contributed by atoms with Crippen LogP contribution in [-0.4, -0.2) is 14.4 Å². The molecule has 0 unspecified atom stereocenters. The monoisotopic (exact) mass is 623 g/mol. The van der Waals surface area contributed by atoms with E-state index in [9.17, 15) is 0 Å². The van der Waals surface area contributed by atoms with Gasteiger partial charge in [0.05, 0.1) is 16.9 Å². The van der Waals surface area contributed by atoms with Crippen LogP contribution in [0.25, 0.3) is 93.6 Å². The van der Waals surface area contributed by atoms with Crippen LogP contribution in [0.15, 0.2) is 176 Å². The summed E-state index contributed by atoms with van der Waals surface area (Å²) in [4.78, 5) is 10.2. The summed E-state index contributed by atoms with van der Waals surface area (Å²) in [5.41, 5.74) is 10.8. The standard InChI is InChI=1S/C46H29N3/c1-2-12-31-27-36(23-22-30(31)11-1)46-41-28-40(37-17-3-4-18-38(37)45(41)39-19-5-6-20-42(39)48-46)34-15-9-13-32(25-34)33-14-10-16-35(26-33)43-29-49-24-8-7-21-44(49)47-43/h1-29H. The van der Waals surface area contributed by atoms with E-state index in [1.54, 1.807) is 0 Å². The van der Waals surface area contributed by atoms with Crippen LogP contribution in [0.3, 0.4) is 0 Å². The second kappa shape index (κ2) is 11.0. The molecule has 49 heavy (non-hydrogen) atoms. The summed E-state index contributed by atoms with van der Waals surface area (Å²) < 4.78 is 2.07. The van der Waals surface area contributed by atoms with Crippen molar-refractivity contribution in [2.75, 3.05) is 0 Å². The van der Waals surface area contributed by atoms with Gasteiger partial charge in [-0.15, -0.1) is 0 Å². The molecule has 0 fully saturated rings. The second-order valence-corrected chi connectivity index (χ2v) is 12.7. The topological polar surface area (TPSA) is 30.2 Å². The highest BCUT2D eigenvalue weighted by atomic mass is 15.0. The number of aromatic nitrogens is 3. The number of pyridine rings is 2. The van der Waals surface area contributed by atoms with Crippen molar-refractivity contribution >= 4 is 48.9 Å². The minimum Gasteiger partial charge on any atom is -0.306 e. The molecule has 10 aromatic rings. The van der Waals surface area contributed by atoms with E-state index >= 15 is 0 Å². The lowest BCUT2D eigenvalue weighted by atomic mass is 9.89. The van der Waals surface area contributed by atoms with Crippen molar-refractivity contribution in [1.82, 2.24) is 14.4 Å². The molecule has 0 amide bonds. The quantitative estimate of drug-likeness (QED) is 0.183. The van der Waals surface area contributed by atoms with Gasteiger partial charge in [-0.25, -0.2) is 9.97 Å². The van der Waals surface area contributed by atoms with Gasteiger partial charge >= 0.3 is 0 Å². The molecule has 7 aromatic carbocycles. The third kappa shape index (κ3) is 4.59. The number of rotatable bonds is 4. The zero-order valence-corrected chi connectivity index (χ0v) is 26.6. The van der Waals surface area contributed by atoms with Gasteiger partial charge in [0.25, 0.3) is 0 Å². The summed E-state index contributed by atoms with van der Waals surface area (Å²) >= 11 is 0. The first kappa shape index (κ1) is 27.5. The molecule has 0 aliphatic rings. The Balaban J connectivity index is 1.19. The first-order valence-corrected chi connectivity index (χ1v) is 16.7. The van der Waals surface area contributed by atoms with Crippen LogP contribution in [0, 0.1) is 0 Å². The van der Waals surface area contributed by atoms with Gasteiger partial charge in [0.15, 0.2) is 0 Å². The Morgan fingerprint density at radius 3 is 1.96 bits per heavy atom. The molecule has 3 aromatic heterocycles. The molecule has 0 saturated carbocycles. The summed E-state index contributed by atoms with van der Waals surface area (Å²) in [6, 6.07) is 58.6. The molecule has 0 spiro atoms. The molecule has 228 valence electrons. The smallest absolute Gasteiger partial charge is 0.137 e. The fourth-order valence-electron chi connectivity index (χ4n) is 7.41. The largest absolute Gasteiger partial charge is 0.306 e. The Hall–Kier alpha value is -6.58. The van der Waals surface area contributed by atoms with E-state index in [0.717, 1.165) is 44.6 Å². The van der Waals surface area contributed by atoms with Gasteiger partial charge in [0.1, 0.15) is 5.65 Å². The van der Waals surface area contributed by atoms with E-state index in [2.05, 4.69) is 156 Å². The van der Waals surface area contributed by atoms with Crippen LogP contribution in [0.5, 0.6) is 0 Å². The number of imidazole rings is 1. The van der Waals surface area contributed by atoms with Crippen molar-refractivity contribution < 1.29 is 0 Å². The van der Waals surface area contributed by atoms with Gasteiger partial charge < -0.3 is 4.40 Å². The van der Waals surface area contributed by atoms with Gasteiger partial charge in [-0.05, 0) is 86.3 Å². The predicted octanol–water partition coefficient (Wildman–Crippen LogP) is 12.0. The molecule has 3 heterocycles. The first-order chi connectivity index (χ1) is 24.3. The highest BCUT2D eigenvalue weighted by Crippen LogP contribution is 2.42. The zero-order chi connectivity index (χ0) is 32.3. The number of para-hydroxylation sites is 1. The number of benzene rings is 7. The van der Waals surface area contributed by atoms with Crippen molar-refractivity contribution in [2.24, 2.45) is 0 Å². The molecule has 0 saturated heterocycles. The molecule has 0 bridgehead atoms. The van der Waals surface area contributed by atoms with Crippen LogP contribution in [0.2, 0.25) is 0 Å². The summed E-state index contributed by atoms with van der Waals surface area (Å²) in [6.07, 6.45) is 4.13. The lowest BCUT2D eigenvalue weighted by Crippen LogP contribution is -1.93. The Bertz CT molecular complexity index is 2860. The number of fused-ring (bicyclic) bond motifs is 7. The maximum atomic E-state index is 5.33. The van der Waals surface area contributed by atoms with Crippen molar-refractivity contribution in [1.29, 1.82) is 0 Å². The molecular formula is C46H29N3. The maximum Gasteiger partial charge on any atom is 0.137 e. The molecule has 0 atom stereocenters. The fraction of sp³-hybridized carbons (Fsp3) is 0.